The van der Waals surface area contributed by atoms with Crippen molar-refractivity contribution in [2.24, 2.45) is 7.05 Å². The lowest BCUT2D eigenvalue weighted by Gasteiger charge is -2.07. The first-order valence-corrected chi connectivity index (χ1v) is 6.79. The number of rotatable bonds is 2. The van der Waals surface area contributed by atoms with Gasteiger partial charge in [0.25, 0.3) is 0 Å². The maximum Gasteiger partial charge on any atom is 0.195 e. The number of H-pyrrole nitrogens is 1. The topological polar surface area (TPSA) is 51.4 Å². The molecule has 1 N–H and O–H groups in total. The van der Waals surface area contributed by atoms with E-state index in [1.165, 1.54) is 0 Å². The van der Waals surface area contributed by atoms with Crippen molar-refractivity contribution in [1.29, 1.82) is 0 Å². The minimum atomic E-state index is 0.574. The number of halogens is 1. The van der Waals surface area contributed by atoms with Crippen molar-refractivity contribution in [3.05, 3.63) is 45.9 Å². The summed E-state index contributed by atoms with van der Waals surface area (Å²) in [5.41, 5.74) is 2.71. The Morgan fingerprint density at radius 2 is 2.05 bits per heavy atom. The zero-order chi connectivity index (χ0) is 14.3. The molecule has 0 amide bonds. The molecule has 1 aromatic carbocycles. The Hall–Kier alpha value is -1.92. The average molecular weight is 306 g/mol. The lowest BCUT2D eigenvalue weighted by molar-refractivity contribution is 0.846. The largest absolute Gasteiger partial charge is 0.303 e. The summed E-state index contributed by atoms with van der Waals surface area (Å²) >= 11 is 11.4. The molecule has 7 heteroatoms. The van der Waals surface area contributed by atoms with E-state index in [0.29, 0.717) is 9.79 Å². The van der Waals surface area contributed by atoms with Crippen LogP contribution in [0.2, 0.25) is 5.02 Å². The van der Waals surface area contributed by atoms with Gasteiger partial charge in [-0.05, 0) is 31.3 Å². The maximum absolute atomic E-state index is 6.22. The fraction of sp³-hybridized carbons (Fsp3) is 0.154. The first-order chi connectivity index (χ1) is 9.59. The number of hydrogen-bond acceptors (Lipinski definition) is 3. The summed E-state index contributed by atoms with van der Waals surface area (Å²) in [5, 5.41) is 12.1. The van der Waals surface area contributed by atoms with Gasteiger partial charge in [-0.2, -0.15) is 10.2 Å². The number of aromatic nitrogens is 5. The van der Waals surface area contributed by atoms with Crippen LogP contribution in [0.5, 0.6) is 0 Å². The Morgan fingerprint density at radius 3 is 2.70 bits per heavy atom. The molecule has 0 saturated heterocycles. The second-order valence-corrected chi connectivity index (χ2v) is 5.21. The van der Waals surface area contributed by atoms with E-state index in [2.05, 4.69) is 15.3 Å². The summed E-state index contributed by atoms with van der Waals surface area (Å²) in [6, 6.07) is 7.59. The van der Waals surface area contributed by atoms with Crippen LogP contribution in [0.15, 0.2) is 30.5 Å². The van der Waals surface area contributed by atoms with Gasteiger partial charge in [0.05, 0.1) is 28.2 Å². The van der Waals surface area contributed by atoms with E-state index in [4.69, 9.17) is 23.8 Å². The molecule has 0 aliphatic rings. The molecule has 0 radical (unpaired) electrons. The summed E-state index contributed by atoms with van der Waals surface area (Å²) in [4.78, 5) is 0. The zero-order valence-electron chi connectivity index (χ0n) is 11.0. The highest BCUT2D eigenvalue weighted by Crippen LogP contribution is 2.26. The number of nitrogens with one attached hydrogen (secondary N) is 1. The van der Waals surface area contributed by atoms with Crippen LogP contribution in [0, 0.1) is 11.7 Å². The van der Waals surface area contributed by atoms with Crippen molar-refractivity contribution >= 4 is 23.8 Å². The molecule has 20 heavy (non-hydrogen) atoms. The first kappa shape index (κ1) is 13.1. The van der Waals surface area contributed by atoms with Crippen molar-refractivity contribution in [2.75, 3.05) is 0 Å². The molecule has 0 bridgehead atoms. The number of para-hydroxylation sites is 1. The number of benzene rings is 1. The summed E-state index contributed by atoms with van der Waals surface area (Å²) in [5.74, 6) is 0.755. The Morgan fingerprint density at radius 1 is 1.30 bits per heavy atom. The summed E-state index contributed by atoms with van der Waals surface area (Å²) in [6.07, 6.45) is 1.77. The fourth-order valence-electron chi connectivity index (χ4n) is 2.08. The van der Waals surface area contributed by atoms with Crippen LogP contribution in [-0.4, -0.2) is 24.5 Å². The molecule has 0 spiro atoms. The molecular formula is C13H12ClN5S. The highest BCUT2D eigenvalue weighted by Gasteiger charge is 2.15. The molecule has 0 aliphatic heterocycles. The number of nitrogens with zero attached hydrogens (tertiary/aromatic N) is 4. The van der Waals surface area contributed by atoms with Crippen LogP contribution in [0.4, 0.5) is 0 Å². The molecular weight excluding hydrogens is 294 g/mol. The molecule has 0 unspecified atom stereocenters. The van der Waals surface area contributed by atoms with Crippen LogP contribution < -0.4 is 0 Å². The Balaban J connectivity index is 2.17. The molecule has 5 nitrogen and oxygen atoms in total. The first-order valence-electron chi connectivity index (χ1n) is 6.01. The van der Waals surface area contributed by atoms with Crippen LogP contribution >= 0.6 is 23.8 Å². The van der Waals surface area contributed by atoms with E-state index in [-0.39, 0.29) is 0 Å². The minimum absolute atomic E-state index is 0.574. The standard InChI is InChI=1S/C13H12ClN5S/c1-8-9(12-16-17-13(20)18(12)2)7-15-19(8)11-6-4-3-5-10(11)14/h3-7H,1-2H3,(H,17,20). The zero-order valence-corrected chi connectivity index (χ0v) is 12.5. The molecule has 0 saturated carbocycles. The van der Waals surface area contributed by atoms with E-state index in [9.17, 15) is 0 Å². The van der Waals surface area contributed by atoms with Gasteiger partial charge in [0, 0.05) is 7.05 Å². The Labute approximate surface area is 125 Å². The van der Waals surface area contributed by atoms with Gasteiger partial charge in [0.15, 0.2) is 10.6 Å². The highest BCUT2D eigenvalue weighted by atomic mass is 35.5. The Kier molecular flexibility index (Phi) is 3.19. The second-order valence-electron chi connectivity index (χ2n) is 4.42. The predicted octanol–water partition coefficient (Wildman–Crippen LogP) is 3.29. The molecule has 2 aromatic heterocycles. The van der Waals surface area contributed by atoms with E-state index in [1.54, 1.807) is 10.9 Å². The molecule has 2 heterocycles. The minimum Gasteiger partial charge on any atom is -0.303 e. The monoisotopic (exact) mass is 305 g/mol. The van der Waals surface area contributed by atoms with Gasteiger partial charge >= 0.3 is 0 Å². The fourth-order valence-corrected chi connectivity index (χ4v) is 2.43. The molecule has 3 aromatic rings. The van der Waals surface area contributed by atoms with Crippen molar-refractivity contribution in [1.82, 2.24) is 24.5 Å². The lowest BCUT2D eigenvalue weighted by atomic mass is 10.2. The quantitative estimate of drug-likeness (QED) is 0.739. The summed E-state index contributed by atoms with van der Waals surface area (Å²) in [6.45, 7) is 1.98. The summed E-state index contributed by atoms with van der Waals surface area (Å²) < 4.78 is 4.19. The Bertz CT molecular complexity index is 829. The van der Waals surface area contributed by atoms with Gasteiger partial charge < -0.3 is 4.57 Å². The second kappa shape index (κ2) is 4.88. The average Bonchev–Trinajstić information content (AvgIpc) is 2.95. The van der Waals surface area contributed by atoms with E-state index >= 15 is 0 Å². The third-order valence-corrected chi connectivity index (χ3v) is 3.90. The summed E-state index contributed by atoms with van der Waals surface area (Å²) in [7, 11) is 1.87. The van der Waals surface area contributed by atoms with Gasteiger partial charge in [0.1, 0.15) is 0 Å². The molecule has 3 rings (SSSR count). The number of hydrogen-bond donors (Lipinski definition) is 1. The SMILES string of the molecule is Cc1c(-c2n[nH]c(=S)n2C)cnn1-c1ccccc1Cl. The van der Waals surface area contributed by atoms with E-state index < -0.39 is 0 Å². The van der Waals surface area contributed by atoms with Crippen molar-refractivity contribution in [2.45, 2.75) is 6.92 Å². The van der Waals surface area contributed by atoms with Gasteiger partial charge in [-0.3, -0.25) is 5.10 Å². The highest BCUT2D eigenvalue weighted by molar-refractivity contribution is 7.71. The van der Waals surface area contributed by atoms with Crippen molar-refractivity contribution < 1.29 is 0 Å². The molecule has 0 atom stereocenters. The molecule has 102 valence electrons. The molecule has 0 fully saturated rings. The van der Waals surface area contributed by atoms with E-state index in [0.717, 1.165) is 22.8 Å². The van der Waals surface area contributed by atoms with Gasteiger partial charge in [0.2, 0.25) is 0 Å². The van der Waals surface area contributed by atoms with Gasteiger partial charge in [-0.15, -0.1) is 0 Å². The van der Waals surface area contributed by atoms with Gasteiger partial charge in [-0.25, -0.2) is 4.68 Å². The van der Waals surface area contributed by atoms with Crippen molar-refractivity contribution in [3.63, 3.8) is 0 Å². The third kappa shape index (κ3) is 1.97. The van der Waals surface area contributed by atoms with Crippen LogP contribution in [0.25, 0.3) is 17.1 Å². The molecule has 0 aliphatic carbocycles. The van der Waals surface area contributed by atoms with Crippen LogP contribution in [0.3, 0.4) is 0 Å². The third-order valence-electron chi connectivity index (χ3n) is 3.21. The maximum atomic E-state index is 6.22. The van der Waals surface area contributed by atoms with E-state index in [1.807, 2.05) is 42.8 Å². The lowest BCUT2D eigenvalue weighted by Crippen LogP contribution is -2.00. The smallest absolute Gasteiger partial charge is 0.195 e. The van der Waals surface area contributed by atoms with Crippen LogP contribution in [-0.2, 0) is 7.05 Å². The van der Waals surface area contributed by atoms with Crippen LogP contribution in [0.1, 0.15) is 5.69 Å². The van der Waals surface area contributed by atoms with Gasteiger partial charge in [-0.1, -0.05) is 23.7 Å². The predicted molar refractivity (Wildman–Crippen MR) is 80.7 cm³/mol. The van der Waals surface area contributed by atoms with Crippen molar-refractivity contribution in [3.8, 4) is 17.1 Å². The number of aromatic amines is 1. The normalized spacial score (nSPS) is 10.9.